The van der Waals surface area contributed by atoms with Gasteiger partial charge in [0.2, 0.25) is 0 Å². The standard InChI is InChI=1S/C18H20N2/c1-14(2)17(13-19)20-18(15-9-5-3-6-10-15)16-11-7-4-8-12-16/h3-12,14,17-18,20H,1-2H3. The molecule has 2 heteroatoms. The number of nitriles is 1. The summed E-state index contributed by atoms with van der Waals surface area (Å²) in [6.07, 6.45) is 0. The Morgan fingerprint density at radius 1 is 0.850 bits per heavy atom. The molecule has 1 atom stereocenters. The van der Waals surface area contributed by atoms with Gasteiger partial charge in [-0.15, -0.1) is 0 Å². The van der Waals surface area contributed by atoms with Crippen molar-refractivity contribution >= 4 is 0 Å². The van der Waals surface area contributed by atoms with Crippen LogP contribution in [0.4, 0.5) is 0 Å². The average Bonchev–Trinajstić information content (AvgIpc) is 2.50. The molecule has 20 heavy (non-hydrogen) atoms. The van der Waals surface area contributed by atoms with E-state index in [0.717, 1.165) is 0 Å². The van der Waals surface area contributed by atoms with Gasteiger partial charge >= 0.3 is 0 Å². The maximum absolute atomic E-state index is 9.33. The first-order chi connectivity index (χ1) is 9.72. The van der Waals surface area contributed by atoms with Crippen LogP contribution in [0.25, 0.3) is 0 Å². The minimum absolute atomic E-state index is 0.0458. The van der Waals surface area contributed by atoms with Crippen LogP contribution in [0.2, 0.25) is 0 Å². The average molecular weight is 264 g/mol. The molecule has 0 fully saturated rings. The van der Waals surface area contributed by atoms with Crippen LogP contribution in [-0.2, 0) is 0 Å². The second kappa shape index (κ2) is 6.88. The fourth-order valence-electron chi connectivity index (χ4n) is 2.23. The Labute approximate surface area is 121 Å². The molecule has 2 aromatic rings. The fourth-order valence-corrected chi connectivity index (χ4v) is 2.23. The maximum atomic E-state index is 9.33. The molecule has 0 bridgehead atoms. The van der Waals surface area contributed by atoms with E-state index in [1.807, 2.05) is 36.4 Å². The van der Waals surface area contributed by atoms with Gasteiger partial charge in [-0.1, -0.05) is 74.5 Å². The second-order valence-electron chi connectivity index (χ2n) is 5.27. The monoisotopic (exact) mass is 264 g/mol. The van der Waals surface area contributed by atoms with E-state index in [1.54, 1.807) is 0 Å². The Hall–Kier alpha value is -2.11. The van der Waals surface area contributed by atoms with E-state index < -0.39 is 0 Å². The highest BCUT2D eigenvalue weighted by Gasteiger charge is 2.20. The van der Waals surface area contributed by atoms with Crippen LogP contribution in [0.1, 0.15) is 31.0 Å². The van der Waals surface area contributed by atoms with Crippen molar-refractivity contribution in [1.29, 1.82) is 5.26 Å². The van der Waals surface area contributed by atoms with Gasteiger partial charge in [0.05, 0.1) is 18.2 Å². The summed E-state index contributed by atoms with van der Waals surface area (Å²) in [4.78, 5) is 0. The van der Waals surface area contributed by atoms with Crippen molar-refractivity contribution < 1.29 is 0 Å². The molecule has 0 aliphatic heterocycles. The number of rotatable bonds is 5. The predicted octanol–water partition coefficient (Wildman–Crippen LogP) is 3.91. The molecule has 2 rings (SSSR count). The molecule has 0 aliphatic carbocycles. The Morgan fingerprint density at radius 2 is 1.30 bits per heavy atom. The van der Waals surface area contributed by atoms with Gasteiger partial charge in [-0.2, -0.15) is 5.26 Å². The van der Waals surface area contributed by atoms with Gasteiger partial charge in [-0.3, -0.25) is 5.32 Å². The molecule has 1 N–H and O–H groups in total. The van der Waals surface area contributed by atoms with Gasteiger partial charge in [0.1, 0.15) is 0 Å². The smallest absolute Gasteiger partial charge is 0.0983 e. The van der Waals surface area contributed by atoms with E-state index in [9.17, 15) is 5.26 Å². The lowest BCUT2D eigenvalue weighted by molar-refractivity contribution is 0.441. The number of nitrogens with one attached hydrogen (secondary N) is 1. The lowest BCUT2D eigenvalue weighted by Gasteiger charge is -2.25. The van der Waals surface area contributed by atoms with E-state index in [-0.39, 0.29) is 18.0 Å². The zero-order valence-electron chi connectivity index (χ0n) is 12.0. The highest BCUT2D eigenvalue weighted by Crippen LogP contribution is 2.23. The van der Waals surface area contributed by atoms with Crippen molar-refractivity contribution in [3.8, 4) is 6.07 Å². The molecular formula is C18H20N2. The van der Waals surface area contributed by atoms with E-state index in [1.165, 1.54) is 11.1 Å². The van der Waals surface area contributed by atoms with E-state index in [4.69, 9.17) is 0 Å². The Bertz CT molecular complexity index is 515. The molecule has 102 valence electrons. The molecule has 2 nitrogen and oxygen atoms in total. The van der Waals surface area contributed by atoms with Gasteiger partial charge in [0.25, 0.3) is 0 Å². The van der Waals surface area contributed by atoms with Crippen molar-refractivity contribution in [3.63, 3.8) is 0 Å². The van der Waals surface area contributed by atoms with E-state index >= 15 is 0 Å². The molecule has 1 unspecified atom stereocenters. The summed E-state index contributed by atoms with van der Waals surface area (Å²) in [6.45, 7) is 4.13. The highest BCUT2D eigenvalue weighted by molar-refractivity contribution is 5.32. The highest BCUT2D eigenvalue weighted by atomic mass is 15.0. The van der Waals surface area contributed by atoms with Crippen LogP contribution in [0.5, 0.6) is 0 Å². The van der Waals surface area contributed by atoms with Gasteiger partial charge < -0.3 is 0 Å². The van der Waals surface area contributed by atoms with Gasteiger partial charge in [0, 0.05) is 0 Å². The number of benzene rings is 2. The largest absolute Gasteiger partial charge is 0.291 e. The molecule has 0 aliphatic rings. The maximum Gasteiger partial charge on any atom is 0.0983 e. The van der Waals surface area contributed by atoms with Crippen LogP contribution in [-0.4, -0.2) is 6.04 Å². The molecular weight excluding hydrogens is 244 g/mol. The third-order valence-corrected chi connectivity index (χ3v) is 3.42. The van der Waals surface area contributed by atoms with Crippen LogP contribution in [0, 0.1) is 17.2 Å². The van der Waals surface area contributed by atoms with Crippen molar-refractivity contribution in [2.75, 3.05) is 0 Å². The van der Waals surface area contributed by atoms with Crippen LogP contribution >= 0.6 is 0 Å². The normalized spacial score (nSPS) is 12.3. The van der Waals surface area contributed by atoms with Crippen molar-refractivity contribution in [3.05, 3.63) is 71.8 Å². The minimum atomic E-state index is -0.166. The number of hydrogen-bond donors (Lipinski definition) is 1. The Balaban J connectivity index is 2.33. The zero-order valence-corrected chi connectivity index (χ0v) is 12.0. The quantitative estimate of drug-likeness (QED) is 0.888. The molecule has 2 aromatic carbocycles. The van der Waals surface area contributed by atoms with Gasteiger partial charge in [-0.05, 0) is 17.0 Å². The lowest BCUT2D eigenvalue weighted by Crippen LogP contribution is -2.36. The topological polar surface area (TPSA) is 35.8 Å². The SMILES string of the molecule is CC(C)C(C#N)NC(c1ccccc1)c1ccccc1. The minimum Gasteiger partial charge on any atom is -0.291 e. The third kappa shape index (κ3) is 3.46. The molecule has 0 aromatic heterocycles. The summed E-state index contributed by atoms with van der Waals surface area (Å²) in [5.74, 6) is 0.273. The first-order valence-electron chi connectivity index (χ1n) is 6.98. The third-order valence-electron chi connectivity index (χ3n) is 3.42. The zero-order chi connectivity index (χ0) is 14.4. The van der Waals surface area contributed by atoms with E-state index in [2.05, 4.69) is 49.5 Å². The van der Waals surface area contributed by atoms with Gasteiger partial charge in [0.15, 0.2) is 0 Å². The second-order valence-corrected chi connectivity index (χ2v) is 5.27. The van der Waals surface area contributed by atoms with Crippen molar-refractivity contribution in [2.45, 2.75) is 25.9 Å². The number of nitrogens with zero attached hydrogens (tertiary/aromatic N) is 1. The first-order valence-corrected chi connectivity index (χ1v) is 6.98. The molecule has 0 spiro atoms. The first kappa shape index (κ1) is 14.3. The Kier molecular flexibility index (Phi) is 4.92. The van der Waals surface area contributed by atoms with Gasteiger partial charge in [-0.25, -0.2) is 0 Å². The molecule has 0 amide bonds. The lowest BCUT2D eigenvalue weighted by atomic mass is 9.96. The summed E-state index contributed by atoms with van der Waals surface area (Å²) < 4.78 is 0. The van der Waals surface area contributed by atoms with Crippen LogP contribution < -0.4 is 5.32 Å². The Morgan fingerprint density at radius 3 is 1.65 bits per heavy atom. The number of hydrogen-bond acceptors (Lipinski definition) is 2. The summed E-state index contributed by atoms with van der Waals surface area (Å²) in [5.41, 5.74) is 2.36. The fraction of sp³-hybridized carbons (Fsp3) is 0.278. The van der Waals surface area contributed by atoms with Crippen LogP contribution in [0.3, 0.4) is 0 Å². The molecule has 0 heterocycles. The van der Waals surface area contributed by atoms with E-state index in [0.29, 0.717) is 0 Å². The molecule has 0 radical (unpaired) electrons. The summed E-state index contributed by atoms with van der Waals surface area (Å²) in [6, 6.07) is 22.8. The summed E-state index contributed by atoms with van der Waals surface area (Å²) in [5, 5.41) is 12.8. The van der Waals surface area contributed by atoms with Crippen LogP contribution in [0.15, 0.2) is 60.7 Å². The summed E-state index contributed by atoms with van der Waals surface area (Å²) >= 11 is 0. The van der Waals surface area contributed by atoms with Crippen molar-refractivity contribution in [1.82, 2.24) is 5.32 Å². The predicted molar refractivity (Wildman–Crippen MR) is 82.1 cm³/mol. The molecule has 0 saturated carbocycles. The summed E-state index contributed by atoms with van der Waals surface area (Å²) in [7, 11) is 0. The van der Waals surface area contributed by atoms with Crippen molar-refractivity contribution in [2.24, 2.45) is 5.92 Å². The molecule has 0 saturated heterocycles.